The van der Waals surface area contributed by atoms with Gasteiger partial charge in [-0.1, -0.05) is 6.07 Å². The number of aliphatic carboxylic acids is 1. The van der Waals surface area contributed by atoms with E-state index >= 15 is 0 Å². The predicted octanol–water partition coefficient (Wildman–Crippen LogP) is 3.94. The van der Waals surface area contributed by atoms with Crippen LogP contribution < -0.4 is 9.47 Å². The number of hydrogen-bond acceptors (Lipinski definition) is 6. The highest BCUT2D eigenvalue weighted by molar-refractivity contribution is 6.17. The van der Waals surface area contributed by atoms with Gasteiger partial charge >= 0.3 is 5.97 Å². The van der Waals surface area contributed by atoms with Gasteiger partial charge in [0.1, 0.15) is 11.4 Å². The summed E-state index contributed by atoms with van der Waals surface area (Å²) < 4.78 is 26.2. The van der Waals surface area contributed by atoms with Crippen molar-refractivity contribution < 1.29 is 33.7 Å². The Morgan fingerprint density at radius 3 is 2.50 bits per heavy atom. The molecular formula is C25H21FN2O6. The highest BCUT2D eigenvalue weighted by Gasteiger charge is 2.23. The van der Waals surface area contributed by atoms with Crippen molar-refractivity contribution in [3.8, 4) is 17.4 Å². The fraction of sp³-hybridized carbons (Fsp3) is 0.160. The van der Waals surface area contributed by atoms with Crippen LogP contribution in [0.3, 0.4) is 0 Å². The van der Waals surface area contributed by atoms with Crippen molar-refractivity contribution in [2.75, 3.05) is 13.7 Å². The van der Waals surface area contributed by atoms with Crippen LogP contribution in [0.15, 0.2) is 54.6 Å². The van der Waals surface area contributed by atoms with E-state index in [0.29, 0.717) is 39.3 Å². The molecule has 4 rings (SSSR count). The highest BCUT2D eigenvalue weighted by atomic mass is 19.1. The largest absolute Gasteiger partial charge is 0.508 e. The Hall–Kier alpha value is -4.40. The third-order valence-electron chi connectivity index (χ3n) is 5.39. The standard InChI is InChI=1S/C25H21FN2O6/c1-14-23(24(32)16-4-6-17(29)7-5-16)18-8-10-21(33-2)27-25(18)28(14)12-15-3-9-19(26)20(11-15)34-13-22(30)31/h3-11,29H,12-13H2,1-2H3,(H,30,31). The van der Waals surface area contributed by atoms with Crippen molar-refractivity contribution in [1.29, 1.82) is 0 Å². The summed E-state index contributed by atoms with van der Waals surface area (Å²) in [6, 6.07) is 13.6. The van der Waals surface area contributed by atoms with Crippen LogP contribution in [0.2, 0.25) is 0 Å². The molecule has 2 aromatic heterocycles. The fourth-order valence-electron chi connectivity index (χ4n) is 3.75. The number of fused-ring (bicyclic) bond motifs is 1. The first-order valence-electron chi connectivity index (χ1n) is 10.3. The van der Waals surface area contributed by atoms with E-state index in [2.05, 4.69) is 4.98 Å². The minimum Gasteiger partial charge on any atom is -0.508 e. The molecule has 174 valence electrons. The molecule has 0 aliphatic rings. The quantitative estimate of drug-likeness (QED) is 0.380. The molecule has 8 nitrogen and oxygen atoms in total. The van der Waals surface area contributed by atoms with E-state index in [0.717, 1.165) is 0 Å². The number of phenolic OH excluding ortho intramolecular Hbond substituents is 1. The third-order valence-corrected chi connectivity index (χ3v) is 5.39. The van der Waals surface area contributed by atoms with Gasteiger partial charge in [0.25, 0.3) is 0 Å². The van der Waals surface area contributed by atoms with Gasteiger partial charge in [-0.25, -0.2) is 9.18 Å². The van der Waals surface area contributed by atoms with Gasteiger partial charge in [-0.15, -0.1) is 0 Å². The fourth-order valence-corrected chi connectivity index (χ4v) is 3.75. The predicted molar refractivity (Wildman–Crippen MR) is 121 cm³/mol. The summed E-state index contributed by atoms with van der Waals surface area (Å²) in [4.78, 5) is 28.7. The van der Waals surface area contributed by atoms with Gasteiger partial charge in [0, 0.05) is 29.3 Å². The van der Waals surface area contributed by atoms with E-state index in [1.165, 1.54) is 31.4 Å². The summed E-state index contributed by atoms with van der Waals surface area (Å²) in [6.45, 7) is 1.33. The number of hydrogen-bond donors (Lipinski definition) is 2. The van der Waals surface area contributed by atoms with Crippen LogP contribution in [0.5, 0.6) is 17.4 Å². The van der Waals surface area contributed by atoms with Crippen LogP contribution in [0, 0.1) is 12.7 Å². The van der Waals surface area contributed by atoms with Gasteiger partial charge in [-0.05, 0) is 55.0 Å². The molecule has 0 amide bonds. The van der Waals surface area contributed by atoms with Crippen molar-refractivity contribution in [3.63, 3.8) is 0 Å². The van der Waals surface area contributed by atoms with Crippen molar-refractivity contribution in [1.82, 2.24) is 9.55 Å². The van der Waals surface area contributed by atoms with E-state index in [1.807, 2.05) is 0 Å². The Morgan fingerprint density at radius 1 is 1.09 bits per heavy atom. The number of halogens is 1. The lowest BCUT2D eigenvalue weighted by molar-refractivity contribution is -0.139. The molecule has 0 unspecified atom stereocenters. The summed E-state index contributed by atoms with van der Waals surface area (Å²) in [5, 5.41) is 19.0. The maximum atomic E-state index is 14.1. The first kappa shape index (κ1) is 22.8. The zero-order valence-corrected chi connectivity index (χ0v) is 18.4. The molecular weight excluding hydrogens is 443 g/mol. The first-order valence-corrected chi connectivity index (χ1v) is 10.3. The average molecular weight is 464 g/mol. The minimum absolute atomic E-state index is 0.0549. The van der Waals surface area contributed by atoms with Crippen LogP contribution in [-0.4, -0.2) is 45.2 Å². The Bertz CT molecular complexity index is 1400. The number of ketones is 1. The Labute approximate surface area is 193 Å². The number of carboxylic acids is 1. The smallest absolute Gasteiger partial charge is 0.341 e. The van der Waals surface area contributed by atoms with Crippen LogP contribution in [0.4, 0.5) is 4.39 Å². The molecule has 2 aromatic carbocycles. The zero-order valence-electron chi connectivity index (χ0n) is 18.4. The number of nitrogens with zero attached hydrogens (tertiary/aromatic N) is 2. The van der Waals surface area contributed by atoms with E-state index < -0.39 is 18.4 Å². The number of pyridine rings is 1. The second-order valence-corrected chi connectivity index (χ2v) is 7.59. The first-order chi connectivity index (χ1) is 16.3. The van der Waals surface area contributed by atoms with Crippen LogP contribution >= 0.6 is 0 Å². The van der Waals surface area contributed by atoms with E-state index in [1.54, 1.807) is 41.8 Å². The highest BCUT2D eigenvalue weighted by Crippen LogP contribution is 2.30. The van der Waals surface area contributed by atoms with Crippen LogP contribution in [-0.2, 0) is 11.3 Å². The summed E-state index contributed by atoms with van der Waals surface area (Å²) in [5.74, 6) is -1.90. The summed E-state index contributed by atoms with van der Waals surface area (Å²) >= 11 is 0. The van der Waals surface area contributed by atoms with Crippen LogP contribution in [0.25, 0.3) is 11.0 Å². The van der Waals surface area contributed by atoms with Gasteiger partial charge in [0.15, 0.2) is 24.0 Å². The van der Waals surface area contributed by atoms with E-state index in [9.17, 15) is 19.1 Å². The lowest BCUT2D eigenvalue weighted by Crippen LogP contribution is -2.11. The molecule has 0 spiro atoms. The second kappa shape index (κ2) is 9.22. The van der Waals surface area contributed by atoms with Gasteiger partial charge in [-0.2, -0.15) is 4.98 Å². The normalized spacial score (nSPS) is 10.9. The Kier molecular flexibility index (Phi) is 6.18. The molecule has 2 heterocycles. The molecule has 0 saturated carbocycles. The molecule has 0 aliphatic carbocycles. The minimum atomic E-state index is -1.22. The number of carboxylic acid groups (broad SMARTS) is 1. The molecule has 0 aliphatic heterocycles. The van der Waals surface area contributed by atoms with Crippen molar-refractivity contribution in [2.45, 2.75) is 13.5 Å². The van der Waals surface area contributed by atoms with Gasteiger partial charge in [-0.3, -0.25) is 4.79 Å². The number of rotatable bonds is 8. The molecule has 0 bridgehead atoms. The maximum absolute atomic E-state index is 14.1. The number of methoxy groups -OCH3 is 1. The van der Waals surface area contributed by atoms with Crippen molar-refractivity contribution >= 4 is 22.8 Å². The van der Waals surface area contributed by atoms with Gasteiger partial charge in [0.05, 0.1) is 12.7 Å². The average Bonchev–Trinajstić information content (AvgIpc) is 3.09. The summed E-state index contributed by atoms with van der Waals surface area (Å²) in [7, 11) is 1.49. The zero-order chi connectivity index (χ0) is 24.4. The summed E-state index contributed by atoms with van der Waals surface area (Å²) in [6.07, 6.45) is 0. The number of carbonyl (C=O) groups is 2. The number of aromatic nitrogens is 2. The lowest BCUT2D eigenvalue weighted by Gasteiger charge is -2.11. The second-order valence-electron chi connectivity index (χ2n) is 7.59. The van der Waals surface area contributed by atoms with E-state index in [4.69, 9.17) is 14.6 Å². The maximum Gasteiger partial charge on any atom is 0.341 e. The Morgan fingerprint density at radius 2 is 1.82 bits per heavy atom. The van der Waals surface area contributed by atoms with Gasteiger partial charge < -0.3 is 24.3 Å². The third kappa shape index (κ3) is 4.40. The lowest BCUT2D eigenvalue weighted by atomic mass is 10.0. The molecule has 9 heteroatoms. The SMILES string of the molecule is COc1ccc2c(C(=O)c3ccc(O)cc3)c(C)n(Cc3ccc(F)c(OCC(=O)O)c3)c2n1. The van der Waals surface area contributed by atoms with Gasteiger partial charge in [0.2, 0.25) is 5.88 Å². The van der Waals surface area contributed by atoms with E-state index in [-0.39, 0.29) is 23.8 Å². The number of carbonyl (C=O) groups excluding carboxylic acids is 1. The van der Waals surface area contributed by atoms with Crippen molar-refractivity contribution in [3.05, 3.63) is 82.8 Å². The number of ether oxygens (including phenoxy) is 2. The number of benzene rings is 2. The number of aromatic hydroxyl groups is 1. The monoisotopic (exact) mass is 464 g/mol. The number of phenols is 1. The molecule has 0 radical (unpaired) electrons. The summed E-state index contributed by atoms with van der Waals surface area (Å²) in [5.41, 5.74) is 2.60. The topological polar surface area (TPSA) is 111 Å². The molecule has 0 atom stereocenters. The molecule has 2 N–H and O–H groups in total. The Balaban J connectivity index is 1.81. The van der Waals surface area contributed by atoms with Crippen molar-refractivity contribution in [2.24, 2.45) is 0 Å². The molecule has 4 aromatic rings. The molecule has 0 saturated heterocycles. The van der Waals surface area contributed by atoms with Crippen LogP contribution in [0.1, 0.15) is 27.2 Å². The molecule has 34 heavy (non-hydrogen) atoms. The molecule has 0 fully saturated rings.